The number of ether oxygens (including phenoxy) is 1. The molecular formula is C25H26N6O2S. The number of thiophene rings is 1. The van der Waals surface area contributed by atoms with Crippen molar-refractivity contribution in [2.75, 3.05) is 43.5 Å². The Morgan fingerprint density at radius 2 is 1.94 bits per heavy atom. The summed E-state index contributed by atoms with van der Waals surface area (Å²) in [5, 5.41) is 3.02. The van der Waals surface area contributed by atoms with Gasteiger partial charge in [-0.2, -0.15) is 0 Å². The number of aromatic nitrogens is 3. The van der Waals surface area contributed by atoms with Crippen LogP contribution in [0.4, 0.5) is 11.6 Å². The standard InChI is InChI=1S/C25H26N6O2S/c1-16-19(9-10-27-25(32)17-5-3-2-4-6-17)34-22-21(16)29-23(18-7-8-20(26)28-15-18)30-24(22)31-11-13-33-14-12-31/h2-8,15H,9-14H2,1H3,(H2,26,28)(H,27,32). The molecule has 9 heteroatoms. The van der Waals surface area contributed by atoms with Crippen molar-refractivity contribution in [1.29, 1.82) is 0 Å². The lowest BCUT2D eigenvalue weighted by atomic mass is 10.2. The molecule has 1 aliphatic rings. The van der Waals surface area contributed by atoms with Gasteiger partial charge in [0, 0.05) is 41.8 Å². The predicted octanol–water partition coefficient (Wildman–Crippen LogP) is 3.45. The number of carbonyl (C=O) groups excluding carboxylic acids is 1. The van der Waals surface area contributed by atoms with E-state index in [-0.39, 0.29) is 5.91 Å². The average molecular weight is 475 g/mol. The number of benzene rings is 1. The maximum absolute atomic E-state index is 12.4. The highest BCUT2D eigenvalue weighted by molar-refractivity contribution is 7.19. The molecule has 1 amide bonds. The van der Waals surface area contributed by atoms with Crippen LogP contribution in [0.2, 0.25) is 0 Å². The number of carbonyl (C=O) groups is 1. The van der Waals surface area contributed by atoms with Crippen molar-refractivity contribution in [3.05, 3.63) is 64.7 Å². The third-order valence-corrected chi connectivity index (χ3v) is 7.21. The third-order valence-electron chi connectivity index (χ3n) is 5.88. The summed E-state index contributed by atoms with van der Waals surface area (Å²) in [4.78, 5) is 29.9. The van der Waals surface area contributed by atoms with Gasteiger partial charge in [0.1, 0.15) is 5.82 Å². The summed E-state index contributed by atoms with van der Waals surface area (Å²) in [6.07, 6.45) is 2.44. The molecule has 4 aromatic rings. The molecule has 34 heavy (non-hydrogen) atoms. The number of anilines is 2. The van der Waals surface area contributed by atoms with Gasteiger partial charge in [0.15, 0.2) is 11.6 Å². The van der Waals surface area contributed by atoms with Crippen LogP contribution < -0.4 is 16.0 Å². The van der Waals surface area contributed by atoms with Gasteiger partial charge in [-0.15, -0.1) is 11.3 Å². The van der Waals surface area contributed by atoms with Crippen molar-refractivity contribution < 1.29 is 9.53 Å². The Balaban J connectivity index is 1.46. The van der Waals surface area contributed by atoms with Crippen LogP contribution in [0, 0.1) is 6.92 Å². The second kappa shape index (κ2) is 9.74. The van der Waals surface area contributed by atoms with Crippen molar-refractivity contribution in [3.63, 3.8) is 0 Å². The van der Waals surface area contributed by atoms with E-state index in [0.29, 0.717) is 37.0 Å². The largest absolute Gasteiger partial charge is 0.384 e. The van der Waals surface area contributed by atoms with Crippen molar-refractivity contribution in [2.45, 2.75) is 13.3 Å². The summed E-state index contributed by atoms with van der Waals surface area (Å²) >= 11 is 1.70. The van der Waals surface area contributed by atoms with Gasteiger partial charge in [0.2, 0.25) is 0 Å². The van der Waals surface area contributed by atoms with Crippen molar-refractivity contribution in [3.8, 4) is 11.4 Å². The molecule has 4 heterocycles. The first kappa shape index (κ1) is 22.2. The van der Waals surface area contributed by atoms with Gasteiger partial charge in [0.05, 0.1) is 23.4 Å². The molecule has 174 valence electrons. The molecule has 0 bridgehead atoms. The van der Waals surface area contributed by atoms with Gasteiger partial charge in [0.25, 0.3) is 5.91 Å². The number of hydrogen-bond donors (Lipinski definition) is 2. The molecule has 0 radical (unpaired) electrons. The maximum atomic E-state index is 12.4. The van der Waals surface area contributed by atoms with E-state index in [0.717, 1.165) is 46.7 Å². The number of nitrogen functional groups attached to an aromatic ring is 1. The minimum absolute atomic E-state index is 0.0636. The summed E-state index contributed by atoms with van der Waals surface area (Å²) in [7, 11) is 0. The fraction of sp³-hybridized carbons (Fsp3) is 0.280. The van der Waals surface area contributed by atoms with Crippen LogP contribution in [-0.2, 0) is 11.2 Å². The lowest BCUT2D eigenvalue weighted by Gasteiger charge is -2.28. The van der Waals surface area contributed by atoms with Crippen LogP contribution in [0.15, 0.2) is 48.7 Å². The lowest BCUT2D eigenvalue weighted by molar-refractivity contribution is 0.0954. The van der Waals surface area contributed by atoms with E-state index < -0.39 is 0 Å². The first-order chi connectivity index (χ1) is 16.6. The highest BCUT2D eigenvalue weighted by atomic mass is 32.1. The van der Waals surface area contributed by atoms with Gasteiger partial charge in [-0.3, -0.25) is 4.79 Å². The van der Waals surface area contributed by atoms with Gasteiger partial charge < -0.3 is 20.7 Å². The second-order valence-corrected chi connectivity index (χ2v) is 9.25. The number of aryl methyl sites for hydroxylation is 1. The Morgan fingerprint density at radius 3 is 2.68 bits per heavy atom. The summed E-state index contributed by atoms with van der Waals surface area (Å²) in [6.45, 7) is 5.56. The monoisotopic (exact) mass is 474 g/mol. The quantitative estimate of drug-likeness (QED) is 0.441. The Hall–Kier alpha value is -3.56. The molecule has 1 aromatic carbocycles. The number of hydrogen-bond acceptors (Lipinski definition) is 8. The predicted molar refractivity (Wildman–Crippen MR) is 135 cm³/mol. The highest BCUT2D eigenvalue weighted by Gasteiger charge is 2.22. The minimum atomic E-state index is -0.0636. The van der Waals surface area contributed by atoms with Crippen LogP contribution in [0.25, 0.3) is 21.6 Å². The smallest absolute Gasteiger partial charge is 0.251 e. The number of fused-ring (bicyclic) bond motifs is 1. The maximum Gasteiger partial charge on any atom is 0.251 e. The van der Waals surface area contributed by atoms with E-state index in [1.807, 2.05) is 36.4 Å². The van der Waals surface area contributed by atoms with E-state index in [2.05, 4.69) is 22.1 Å². The number of rotatable bonds is 6. The molecule has 5 rings (SSSR count). The Bertz CT molecular complexity index is 1300. The molecule has 0 saturated carbocycles. The Kier molecular flexibility index (Phi) is 6.37. The number of nitrogens with two attached hydrogens (primary N) is 1. The Labute approximate surface area is 201 Å². The molecule has 0 atom stereocenters. The summed E-state index contributed by atoms with van der Waals surface area (Å²) in [5.74, 6) is 1.95. The molecule has 3 N–H and O–H groups in total. The first-order valence-electron chi connectivity index (χ1n) is 11.3. The molecule has 1 fully saturated rings. The third kappa shape index (κ3) is 4.57. The number of nitrogens with zero attached hydrogens (tertiary/aromatic N) is 4. The van der Waals surface area contributed by atoms with E-state index in [9.17, 15) is 4.79 Å². The molecule has 8 nitrogen and oxygen atoms in total. The van der Waals surface area contributed by atoms with Crippen molar-refractivity contribution >= 4 is 39.1 Å². The second-order valence-electron chi connectivity index (χ2n) is 8.14. The van der Waals surface area contributed by atoms with E-state index >= 15 is 0 Å². The average Bonchev–Trinajstić information content (AvgIpc) is 3.20. The van der Waals surface area contributed by atoms with Crippen LogP contribution in [-0.4, -0.2) is 53.7 Å². The zero-order valence-electron chi connectivity index (χ0n) is 19.0. The molecular weight excluding hydrogens is 448 g/mol. The molecule has 0 aliphatic carbocycles. The van der Waals surface area contributed by atoms with Gasteiger partial charge >= 0.3 is 0 Å². The Morgan fingerprint density at radius 1 is 1.15 bits per heavy atom. The van der Waals surface area contributed by atoms with E-state index in [1.54, 1.807) is 23.6 Å². The van der Waals surface area contributed by atoms with Crippen molar-refractivity contribution in [2.24, 2.45) is 0 Å². The van der Waals surface area contributed by atoms with Crippen LogP contribution in [0.5, 0.6) is 0 Å². The number of amides is 1. The number of morpholine rings is 1. The fourth-order valence-electron chi connectivity index (χ4n) is 3.99. The molecule has 1 aliphatic heterocycles. The number of nitrogens with one attached hydrogen (secondary N) is 1. The van der Waals surface area contributed by atoms with Crippen LogP contribution >= 0.6 is 11.3 Å². The summed E-state index contributed by atoms with van der Waals surface area (Å²) in [6, 6.07) is 12.9. The normalized spacial score (nSPS) is 13.9. The zero-order chi connectivity index (χ0) is 23.5. The zero-order valence-corrected chi connectivity index (χ0v) is 19.8. The van der Waals surface area contributed by atoms with Gasteiger partial charge in [-0.1, -0.05) is 18.2 Å². The van der Waals surface area contributed by atoms with Gasteiger partial charge in [-0.25, -0.2) is 15.0 Å². The van der Waals surface area contributed by atoms with Crippen LogP contribution in [0.1, 0.15) is 20.8 Å². The molecule has 3 aromatic heterocycles. The SMILES string of the molecule is Cc1c(CCNC(=O)c2ccccc2)sc2c(N3CCOCC3)nc(-c3ccc(N)nc3)nc12. The van der Waals surface area contributed by atoms with E-state index in [4.69, 9.17) is 20.4 Å². The summed E-state index contributed by atoms with van der Waals surface area (Å²) in [5.41, 5.74) is 9.33. The van der Waals surface area contributed by atoms with Crippen molar-refractivity contribution in [1.82, 2.24) is 20.3 Å². The van der Waals surface area contributed by atoms with Gasteiger partial charge in [-0.05, 0) is 43.2 Å². The highest BCUT2D eigenvalue weighted by Crippen LogP contribution is 2.37. The molecule has 1 saturated heterocycles. The first-order valence-corrected chi connectivity index (χ1v) is 12.1. The molecule has 0 unspecified atom stereocenters. The topological polar surface area (TPSA) is 106 Å². The number of pyridine rings is 1. The molecule has 0 spiro atoms. The van der Waals surface area contributed by atoms with E-state index in [1.165, 1.54) is 4.88 Å². The van der Waals surface area contributed by atoms with Crippen LogP contribution in [0.3, 0.4) is 0 Å². The minimum Gasteiger partial charge on any atom is -0.384 e. The lowest BCUT2D eigenvalue weighted by Crippen LogP contribution is -2.36. The summed E-state index contributed by atoms with van der Waals surface area (Å²) < 4.78 is 6.62. The fourth-order valence-corrected chi connectivity index (χ4v) is 5.26.